The monoisotopic (exact) mass is 372 g/mol. The molecule has 3 unspecified atom stereocenters. The van der Waals surface area contributed by atoms with E-state index in [1.54, 1.807) is 0 Å². The molecular weight excluding hydrogens is 344 g/mol. The summed E-state index contributed by atoms with van der Waals surface area (Å²) >= 11 is 1.51. The highest BCUT2D eigenvalue weighted by Crippen LogP contribution is 2.29. The zero-order valence-electron chi connectivity index (χ0n) is 16.1. The molecule has 0 N–H and O–H groups in total. The second-order valence-corrected chi connectivity index (χ2v) is 8.67. The number of piperidine rings is 1. The lowest BCUT2D eigenvalue weighted by molar-refractivity contribution is -0.132. The van der Waals surface area contributed by atoms with Gasteiger partial charge in [-0.05, 0) is 32.1 Å². The first kappa shape index (κ1) is 19.0. The van der Waals surface area contributed by atoms with Crippen molar-refractivity contribution < 1.29 is 4.79 Å². The number of hydrogen-bond donors (Lipinski definition) is 0. The Morgan fingerprint density at radius 3 is 2.46 bits per heavy atom. The third kappa shape index (κ3) is 4.11. The molecule has 1 fully saturated rings. The van der Waals surface area contributed by atoms with Crippen molar-refractivity contribution in [3.8, 4) is 11.4 Å². The number of amides is 1. The topological polar surface area (TPSA) is 51.0 Å². The molecule has 5 nitrogen and oxygen atoms in total. The number of likely N-dealkylation sites (tertiary alicyclic amines) is 1. The van der Waals surface area contributed by atoms with Gasteiger partial charge in [0.1, 0.15) is 0 Å². The fourth-order valence-corrected chi connectivity index (χ4v) is 4.77. The first-order chi connectivity index (χ1) is 12.5. The van der Waals surface area contributed by atoms with Crippen molar-refractivity contribution in [1.29, 1.82) is 0 Å². The van der Waals surface area contributed by atoms with Crippen molar-refractivity contribution in [3.63, 3.8) is 0 Å². The smallest absolute Gasteiger partial charge is 0.235 e. The summed E-state index contributed by atoms with van der Waals surface area (Å²) in [5, 5.41) is 9.39. The zero-order chi connectivity index (χ0) is 18.7. The fourth-order valence-electron chi connectivity index (χ4n) is 3.77. The Hall–Kier alpha value is -1.82. The van der Waals surface area contributed by atoms with Crippen LogP contribution in [0.15, 0.2) is 35.5 Å². The number of nitrogens with zero attached hydrogens (tertiary/aromatic N) is 4. The van der Waals surface area contributed by atoms with Crippen molar-refractivity contribution in [2.24, 2.45) is 11.8 Å². The van der Waals surface area contributed by atoms with Crippen molar-refractivity contribution in [3.05, 3.63) is 30.3 Å². The summed E-state index contributed by atoms with van der Waals surface area (Å²) in [5.41, 5.74) is 1.05. The molecule has 140 valence electrons. The number of aromatic nitrogens is 3. The molecule has 0 saturated carbocycles. The average Bonchev–Trinajstić information content (AvgIpc) is 3.03. The fraction of sp³-hybridized carbons (Fsp3) is 0.550. The maximum absolute atomic E-state index is 12.9. The first-order valence-corrected chi connectivity index (χ1v) is 10.3. The van der Waals surface area contributed by atoms with Crippen LogP contribution >= 0.6 is 11.8 Å². The molecule has 0 aliphatic carbocycles. The summed E-state index contributed by atoms with van der Waals surface area (Å²) < 4.78 is 2.09. The van der Waals surface area contributed by atoms with E-state index < -0.39 is 0 Å². The summed E-state index contributed by atoms with van der Waals surface area (Å²) in [5.74, 6) is 2.21. The molecule has 3 rings (SSSR count). The molecule has 2 aromatic rings. The van der Waals surface area contributed by atoms with Gasteiger partial charge in [-0.25, -0.2) is 0 Å². The van der Waals surface area contributed by atoms with E-state index in [9.17, 15) is 4.79 Å². The van der Waals surface area contributed by atoms with Crippen LogP contribution in [-0.4, -0.2) is 43.9 Å². The number of thioether (sulfide) groups is 1. The Morgan fingerprint density at radius 1 is 1.19 bits per heavy atom. The van der Waals surface area contributed by atoms with Gasteiger partial charge in [-0.2, -0.15) is 0 Å². The maximum Gasteiger partial charge on any atom is 0.235 e. The van der Waals surface area contributed by atoms with E-state index in [0.717, 1.165) is 36.2 Å². The van der Waals surface area contributed by atoms with Crippen molar-refractivity contribution >= 4 is 17.7 Å². The predicted octanol–water partition coefficient (Wildman–Crippen LogP) is 3.95. The van der Waals surface area contributed by atoms with E-state index in [1.165, 1.54) is 18.2 Å². The Bertz CT molecular complexity index is 736. The molecule has 1 aromatic heterocycles. The summed E-state index contributed by atoms with van der Waals surface area (Å²) in [7, 11) is 0. The highest BCUT2D eigenvalue weighted by Gasteiger charge is 2.29. The first-order valence-electron chi connectivity index (χ1n) is 9.43. The third-order valence-electron chi connectivity index (χ3n) is 4.88. The number of benzene rings is 1. The van der Waals surface area contributed by atoms with Crippen LogP contribution in [0.1, 0.15) is 34.1 Å². The lowest BCUT2D eigenvalue weighted by atomic mass is 9.92. The van der Waals surface area contributed by atoms with Gasteiger partial charge in [0, 0.05) is 25.2 Å². The third-order valence-corrected chi connectivity index (χ3v) is 5.94. The molecule has 6 heteroatoms. The summed E-state index contributed by atoms with van der Waals surface area (Å²) in [6, 6.07) is 10.1. The van der Waals surface area contributed by atoms with Crippen LogP contribution in [-0.2, 0) is 11.3 Å². The average molecular weight is 373 g/mol. The summed E-state index contributed by atoms with van der Waals surface area (Å²) in [6.07, 6.45) is 1.20. The molecule has 1 amide bonds. The number of hydrogen-bond acceptors (Lipinski definition) is 4. The molecule has 1 saturated heterocycles. The molecular formula is C20H28N4OS. The second-order valence-electron chi connectivity index (χ2n) is 7.37. The molecule has 2 heterocycles. The van der Waals surface area contributed by atoms with Crippen LogP contribution in [0.2, 0.25) is 0 Å². The number of rotatable bonds is 5. The molecule has 3 atom stereocenters. The van der Waals surface area contributed by atoms with E-state index in [0.29, 0.717) is 11.8 Å². The Morgan fingerprint density at radius 2 is 1.85 bits per heavy atom. The van der Waals surface area contributed by atoms with Crippen LogP contribution in [0.4, 0.5) is 0 Å². The molecule has 26 heavy (non-hydrogen) atoms. The van der Waals surface area contributed by atoms with Gasteiger partial charge in [0.25, 0.3) is 0 Å². The number of carbonyl (C=O) groups excluding carboxylic acids is 1. The normalized spacial score (nSPS) is 21.6. The van der Waals surface area contributed by atoms with E-state index in [-0.39, 0.29) is 11.2 Å². The molecule has 1 aliphatic heterocycles. The van der Waals surface area contributed by atoms with Crippen molar-refractivity contribution in [2.45, 2.75) is 51.1 Å². The standard InChI is InChI=1S/C20H28N4OS/c1-5-24-18(17-9-7-6-8-10-17)21-22-20(24)26-16(4)19(25)23-12-14(2)11-15(3)13-23/h6-10,14-16H,5,11-13H2,1-4H3. The Balaban J connectivity index is 1.74. The molecule has 0 bridgehead atoms. The largest absolute Gasteiger partial charge is 0.341 e. The lowest BCUT2D eigenvalue weighted by Crippen LogP contribution is -2.45. The minimum Gasteiger partial charge on any atom is -0.341 e. The van der Waals surface area contributed by atoms with Gasteiger partial charge in [0.05, 0.1) is 5.25 Å². The van der Waals surface area contributed by atoms with E-state index >= 15 is 0 Å². The SMILES string of the molecule is CCn1c(SC(C)C(=O)N2CC(C)CC(C)C2)nnc1-c1ccccc1. The summed E-state index contributed by atoms with van der Waals surface area (Å²) in [6.45, 7) is 11.0. The lowest BCUT2D eigenvalue weighted by Gasteiger charge is -2.36. The summed E-state index contributed by atoms with van der Waals surface area (Å²) in [4.78, 5) is 14.9. The van der Waals surface area contributed by atoms with Gasteiger partial charge in [-0.15, -0.1) is 10.2 Å². The van der Waals surface area contributed by atoms with Crippen LogP contribution in [0.25, 0.3) is 11.4 Å². The Kier molecular flexibility index (Phi) is 6.01. The zero-order valence-corrected chi connectivity index (χ0v) is 16.9. The van der Waals surface area contributed by atoms with Crippen molar-refractivity contribution in [1.82, 2.24) is 19.7 Å². The minimum absolute atomic E-state index is 0.161. The van der Waals surface area contributed by atoms with E-state index in [2.05, 4.69) is 35.5 Å². The quantitative estimate of drug-likeness (QED) is 0.746. The van der Waals surface area contributed by atoms with Gasteiger partial charge >= 0.3 is 0 Å². The predicted molar refractivity (Wildman–Crippen MR) is 106 cm³/mol. The van der Waals surface area contributed by atoms with Gasteiger partial charge in [0.15, 0.2) is 11.0 Å². The highest BCUT2D eigenvalue weighted by atomic mass is 32.2. The van der Waals surface area contributed by atoms with Gasteiger partial charge in [0.2, 0.25) is 5.91 Å². The molecule has 0 spiro atoms. The van der Waals surface area contributed by atoms with Gasteiger partial charge in [-0.3, -0.25) is 4.79 Å². The van der Waals surface area contributed by atoms with Crippen molar-refractivity contribution in [2.75, 3.05) is 13.1 Å². The Labute approximate surface area is 160 Å². The van der Waals surface area contributed by atoms with Gasteiger partial charge < -0.3 is 9.47 Å². The number of carbonyl (C=O) groups is 1. The highest BCUT2D eigenvalue weighted by molar-refractivity contribution is 8.00. The van der Waals surface area contributed by atoms with Crippen LogP contribution < -0.4 is 0 Å². The maximum atomic E-state index is 12.9. The second kappa shape index (κ2) is 8.25. The van der Waals surface area contributed by atoms with E-state index in [4.69, 9.17) is 0 Å². The van der Waals surface area contributed by atoms with Gasteiger partial charge in [-0.1, -0.05) is 55.9 Å². The van der Waals surface area contributed by atoms with Crippen LogP contribution in [0.3, 0.4) is 0 Å². The van der Waals surface area contributed by atoms with Crippen LogP contribution in [0.5, 0.6) is 0 Å². The molecule has 1 aliphatic rings. The molecule has 0 radical (unpaired) electrons. The van der Waals surface area contributed by atoms with Crippen LogP contribution in [0, 0.1) is 11.8 Å². The molecule has 1 aromatic carbocycles. The minimum atomic E-state index is -0.161. The van der Waals surface area contributed by atoms with E-state index in [1.807, 2.05) is 42.2 Å².